The van der Waals surface area contributed by atoms with Crippen molar-refractivity contribution in [1.82, 2.24) is 16.0 Å². The number of hydrogen-bond acceptors (Lipinski definition) is 7. The molecule has 1 aromatic carbocycles. The zero-order valence-corrected chi connectivity index (χ0v) is 20.3. The summed E-state index contributed by atoms with van der Waals surface area (Å²) in [6, 6.07) is 7.83. The second-order valence-electron chi connectivity index (χ2n) is 9.43. The van der Waals surface area contributed by atoms with Gasteiger partial charge < -0.3 is 30.2 Å². The summed E-state index contributed by atoms with van der Waals surface area (Å²) in [5.41, 5.74) is -0.751. The van der Waals surface area contributed by atoms with E-state index in [4.69, 9.17) is 14.2 Å². The van der Waals surface area contributed by atoms with E-state index in [0.29, 0.717) is 0 Å². The Hall–Kier alpha value is -3.30. The van der Waals surface area contributed by atoms with Gasteiger partial charge in [-0.15, -0.1) is 0 Å². The Morgan fingerprint density at radius 2 is 1.39 bits per heavy atom. The second kappa shape index (κ2) is 12.1. The first-order valence-electron chi connectivity index (χ1n) is 10.6. The summed E-state index contributed by atoms with van der Waals surface area (Å²) in [4.78, 5) is 49.1. The van der Waals surface area contributed by atoms with Crippen LogP contribution in [-0.2, 0) is 30.4 Å². The van der Waals surface area contributed by atoms with E-state index in [-0.39, 0.29) is 6.61 Å². The fraction of sp³-hybridized carbons (Fsp3) is 0.565. The summed E-state index contributed by atoms with van der Waals surface area (Å²) in [5.74, 6) is -1.39. The highest BCUT2D eigenvalue weighted by atomic mass is 16.6. The quantitative estimate of drug-likeness (QED) is 0.305. The molecule has 0 saturated heterocycles. The number of benzene rings is 1. The molecule has 0 fully saturated rings. The number of ether oxygens (including phenoxy) is 3. The third-order valence-electron chi connectivity index (χ3n) is 3.70. The fourth-order valence-corrected chi connectivity index (χ4v) is 2.50. The molecular weight excluding hydrogens is 430 g/mol. The van der Waals surface area contributed by atoms with E-state index in [2.05, 4.69) is 16.0 Å². The zero-order valence-electron chi connectivity index (χ0n) is 20.3. The molecule has 2 unspecified atom stereocenters. The average molecular weight is 466 g/mol. The largest absolute Gasteiger partial charge is 0.460 e. The van der Waals surface area contributed by atoms with Crippen LogP contribution in [0.4, 0.5) is 9.59 Å². The molecule has 0 spiro atoms. The molecule has 1 rings (SSSR count). The van der Waals surface area contributed by atoms with Crippen molar-refractivity contribution in [3.63, 3.8) is 0 Å². The van der Waals surface area contributed by atoms with Crippen LogP contribution in [0.2, 0.25) is 0 Å². The Morgan fingerprint density at radius 1 is 0.818 bits per heavy atom. The van der Waals surface area contributed by atoms with Crippen LogP contribution >= 0.6 is 0 Å². The molecule has 0 aliphatic heterocycles. The highest BCUT2D eigenvalue weighted by molar-refractivity contribution is 5.90. The van der Waals surface area contributed by atoms with Crippen LogP contribution in [0.3, 0.4) is 0 Å². The highest BCUT2D eigenvalue weighted by Crippen LogP contribution is 2.11. The van der Waals surface area contributed by atoms with Gasteiger partial charge >= 0.3 is 18.2 Å². The van der Waals surface area contributed by atoms with Gasteiger partial charge in [0.2, 0.25) is 5.91 Å². The molecule has 3 N–H and O–H groups in total. The Balaban J connectivity index is 2.70. The minimum absolute atomic E-state index is 0.0643. The van der Waals surface area contributed by atoms with E-state index in [9.17, 15) is 19.2 Å². The van der Waals surface area contributed by atoms with E-state index in [1.165, 1.54) is 6.92 Å². The molecule has 3 amide bonds. The summed E-state index contributed by atoms with van der Waals surface area (Å²) in [6.45, 7) is 11.7. The molecule has 1 aromatic rings. The molecule has 0 aromatic heterocycles. The van der Waals surface area contributed by atoms with Crippen molar-refractivity contribution in [1.29, 1.82) is 0 Å². The van der Waals surface area contributed by atoms with Crippen LogP contribution in [0.25, 0.3) is 0 Å². The van der Waals surface area contributed by atoms with Gasteiger partial charge in [0.25, 0.3) is 0 Å². The van der Waals surface area contributed by atoms with Gasteiger partial charge in [0.1, 0.15) is 30.0 Å². The van der Waals surface area contributed by atoms with E-state index < -0.39 is 53.9 Å². The van der Waals surface area contributed by atoms with Gasteiger partial charge in [0.05, 0.1) is 6.42 Å². The zero-order chi connectivity index (χ0) is 25.2. The van der Waals surface area contributed by atoms with E-state index in [1.54, 1.807) is 41.5 Å². The first-order chi connectivity index (χ1) is 15.1. The lowest BCUT2D eigenvalue weighted by Gasteiger charge is -2.25. The van der Waals surface area contributed by atoms with Crippen molar-refractivity contribution >= 4 is 24.1 Å². The average Bonchev–Trinajstić information content (AvgIpc) is 2.63. The third-order valence-corrected chi connectivity index (χ3v) is 3.70. The molecule has 0 radical (unpaired) electrons. The van der Waals surface area contributed by atoms with Crippen molar-refractivity contribution in [3.8, 4) is 0 Å². The maximum atomic E-state index is 12.7. The minimum atomic E-state index is -1.28. The summed E-state index contributed by atoms with van der Waals surface area (Å²) >= 11 is 0. The fourth-order valence-electron chi connectivity index (χ4n) is 2.50. The molecule has 0 saturated carbocycles. The number of carbonyl (C=O) groups is 4. The maximum absolute atomic E-state index is 12.7. The minimum Gasteiger partial charge on any atom is -0.460 e. The van der Waals surface area contributed by atoms with Crippen LogP contribution < -0.4 is 16.0 Å². The van der Waals surface area contributed by atoms with Crippen molar-refractivity contribution in [2.24, 2.45) is 0 Å². The first-order valence-corrected chi connectivity index (χ1v) is 10.6. The van der Waals surface area contributed by atoms with Crippen molar-refractivity contribution in [2.45, 2.75) is 84.9 Å². The SMILES string of the molecule is CC(NC(=O)OCc1ccccc1)NC(=O)C(CC(=O)OC(C)(C)C)NC(=O)OC(C)(C)C. The summed E-state index contributed by atoms with van der Waals surface area (Å²) < 4.78 is 15.5. The number of esters is 1. The van der Waals surface area contributed by atoms with Crippen LogP contribution in [0, 0.1) is 0 Å². The summed E-state index contributed by atoms with van der Waals surface area (Å²) in [7, 11) is 0. The van der Waals surface area contributed by atoms with Crippen molar-refractivity contribution < 1.29 is 33.4 Å². The van der Waals surface area contributed by atoms with Gasteiger partial charge in [-0.1, -0.05) is 30.3 Å². The number of carbonyl (C=O) groups excluding carboxylic acids is 4. The van der Waals surface area contributed by atoms with Crippen LogP contribution in [0.5, 0.6) is 0 Å². The van der Waals surface area contributed by atoms with Crippen LogP contribution in [0.1, 0.15) is 60.5 Å². The van der Waals surface area contributed by atoms with Gasteiger partial charge in [-0.2, -0.15) is 0 Å². The number of amides is 3. The number of nitrogens with one attached hydrogen (secondary N) is 3. The van der Waals surface area contributed by atoms with E-state index >= 15 is 0 Å². The van der Waals surface area contributed by atoms with Gasteiger partial charge in [0.15, 0.2) is 0 Å². The van der Waals surface area contributed by atoms with Crippen LogP contribution in [-0.4, -0.2) is 47.5 Å². The molecule has 10 nitrogen and oxygen atoms in total. The molecule has 184 valence electrons. The smallest absolute Gasteiger partial charge is 0.409 e. The van der Waals surface area contributed by atoms with E-state index in [0.717, 1.165) is 5.56 Å². The Morgan fingerprint density at radius 3 is 1.94 bits per heavy atom. The molecule has 0 aliphatic carbocycles. The van der Waals surface area contributed by atoms with Crippen LogP contribution in [0.15, 0.2) is 30.3 Å². The molecule has 0 bridgehead atoms. The molecule has 0 heterocycles. The molecule has 2 atom stereocenters. The standard InChI is InChI=1S/C23H35N3O7/c1-15(25-20(29)31-14-16-11-9-8-10-12-16)24-19(28)17(13-18(27)32-22(2,3)4)26-21(30)33-23(5,6)7/h8-12,15,17H,13-14H2,1-7H3,(H,24,28)(H,25,29)(H,26,30). The number of rotatable bonds is 8. The lowest BCUT2D eigenvalue weighted by molar-refractivity contribution is -0.156. The highest BCUT2D eigenvalue weighted by Gasteiger charge is 2.29. The predicted molar refractivity (Wildman–Crippen MR) is 121 cm³/mol. The first kappa shape index (κ1) is 27.7. The van der Waals surface area contributed by atoms with E-state index in [1.807, 2.05) is 30.3 Å². The summed E-state index contributed by atoms with van der Waals surface area (Å²) in [6.07, 6.45) is -2.88. The van der Waals surface area contributed by atoms with Gasteiger partial charge in [0, 0.05) is 0 Å². The van der Waals surface area contributed by atoms with Gasteiger partial charge in [-0.25, -0.2) is 9.59 Å². The number of hydrogen-bond donors (Lipinski definition) is 3. The Kier molecular flexibility index (Phi) is 10.2. The summed E-state index contributed by atoms with van der Waals surface area (Å²) in [5, 5.41) is 7.36. The topological polar surface area (TPSA) is 132 Å². The monoisotopic (exact) mass is 465 g/mol. The second-order valence-corrected chi connectivity index (χ2v) is 9.43. The lowest BCUT2D eigenvalue weighted by atomic mass is 10.1. The van der Waals surface area contributed by atoms with Gasteiger partial charge in [-0.3, -0.25) is 9.59 Å². The predicted octanol–water partition coefficient (Wildman–Crippen LogP) is 3.00. The molecule has 0 aliphatic rings. The number of alkyl carbamates (subject to hydrolysis) is 2. The van der Waals surface area contributed by atoms with Gasteiger partial charge in [-0.05, 0) is 54.0 Å². The molecule has 33 heavy (non-hydrogen) atoms. The maximum Gasteiger partial charge on any atom is 0.409 e. The molecular formula is C23H35N3O7. The molecule has 10 heteroatoms. The Labute approximate surface area is 194 Å². The third kappa shape index (κ3) is 13.0. The lowest BCUT2D eigenvalue weighted by Crippen LogP contribution is -2.54. The van der Waals surface area contributed by atoms with Crippen molar-refractivity contribution in [3.05, 3.63) is 35.9 Å². The Bertz CT molecular complexity index is 784. The van der Waals surface area contributed by atoms with Crippen molar-refractivity contribution in [2.75, 3.05) is 0 Å². The normalized spacial score (nSPS) is 13.2.